The maximum Gasteiger partial charge on any atom is 0.131 e. The van der Waals surface area contributed by atoms with Crippen LogP contribution in [0.2, 0.25) is 0 Å². The lowest BCUT2D eigenvalue weighted by Crippen LogP contribution is -1.96. The van der Waals surface area contributed by atoms with Crippen LogP contribution in [-0.2, 0) is 0 Å². The number of rotatable bonds is 2. The Hall–Kier alpha value is 0.250. The number of aromatic nitrogens is 1. The Morgan fingerprint density at radius 2 is 2.07 bits per heavy atom. The summed E-state index contributed by atoms with van der Waals surface area (Å²) in [6.45, 7) is 0. The minimum Gasteiger partial charge on any atom is -0.381 e. The fourth-order valence-corrected chi connectivity index (χ4v) is 3.47. The summed E-state index contributed by atoms with van der Waals surface area (Å²) in [5.74, 6) is 0. The SMILES string of the molecule is OC(c1csc(Br)c1)c1nc(Br)cs1. The molecule has 0 aliphatic rings. The van der Waals surface area contributed by atoms with Crippen LogP contribution in [0.1, 0.15) is 16.7 Å². The van der Waals surface area contributed by atoms with Crippen LogP contribution in [-0.4, -0.2) is 10.1 Å². The molecule has 0 bridgehead atoms. The monoisotopic (exact) mass is 353 g/mol. The number of hydrogen-bond donors (Lipinski definition) is 1. The number of halogens is 2. The average Bonchev–Trinajstić information content (AvgIpc) is 2.73. The van der Waals surface area contributed by atoms with Crippen molar-refractivity contribution in [2.45, 2.75) is 6.10 Å². The molecule has 2 nitrogen and oxygen atoms in total. The predicted octanol–water partition coefficient (Wildman–Crippen LogP) is 3.81. The highest BCUT2D eigenvalue weighted by Crippen LogP contribution is 2.31. The van der Waals surface area contributed by atoms with E-state index < -0.39 is 6.10 Å². The van der Waals surface area contributed by atoms with Crippen LogP contribution in [0.15, 0.2) is 25.2 Å². The van der Waals surface area contributed by atoms with Crippen molar-refractivity contribution in [3.63, 3.8) is 0 Å². The quantitative estimate of drug-likeness (QED) is 0.889. The summed E-state index contributed by atoms with van der Waals surface area (Å²) in [6, 6.07) is 1.91. The summed E-state index contributed by atoms with van der Waals surface area (Å²) in [4.78, 5) is 4.17. The smallest absolute Gasteiger partial charge is 0.131 e. The van der Waals surface area contributed by atoms with Gasteiger partial charge in [0, 0.05) is 5.38 Å². The summed E-state index contributed by atoms with van der Waals surface area (Å²) in [7, 11) is 0. The Kier molecular flexibility index (Phi) is 3.38. The van der Waals surface area contributed by atoms with Crippen LogP contribution >= 0.6 is 54.5 Å². The molecule has 1 atom stereocenters. The molecule has 1 unspecified atom stereocenters. The molecule has 0 aliphatic heterocycles. The Balaban J connectivity index is 2.28. The third kappa shape index (κ3) is 2.25. The first-order valence-electron chi connectivity index (χ1n) is 3.70. The maximum absolute atomic E-state index is 9.93. The molecule has 0 saturated heterocycles. The number of thiophene rings is 1. The predicted molar refractivity (Wildman–Crippen MR) is 65.9 cm³/mol. The lowest BCUT2D eigenvalue weighted by molar-refractivity contribution is 0.220. The molecule has 0 fully saturated rings. The van der Waals surface area contributed by atoms with Crippen LogP contribution in [0.4, 0.5) is 0 Å². The van der Waals surface area contributed by atoms with E-state index in [1.807, 2.05) is 16.8 Å². The van der Waals surface area contributed by atoms with E-state index in [4.69, 9.17) is 0 Å². The van der Waals surface area contributed by atoms with Crippen molar-refractivity contribution in [2.24, 2.45) is 0 Å². The van der Waals surface area contributed by atoms with E-state index in [0.717, 1.165) is 14.0 Å². The Labute approximate surface area is 106 Å². The summed E-state index contributed by atoms with van der Waals surface area (Å²) < 4.78 is 1.79. The van der Waals surface area contributed by atoms with Crippen molar-refractivity contribution in [1.29, 1.82) is 0 Å². The Bertz CT molecular complexity index is 400. The van der Waals surface area contributed by atoms with Gasteiger partial charge in [0.25, 0.3) is 0 Å². The van der Waals surface area contributed by atoms with E-state index in [9.17, 15) is 5.11 Å². The van der Waals surface area contributed by atoms with E-state index in [2.05, 4.69) is 36.8 Å². The molecule has 14 heavy (non-hydrogen) atoms. The standard InChI is InChI=1S/C8H5Br2NOS2/c9-5-3-14-8(11-5)7(12)4-1-6(10)13-2-4/h1-3,7,12H. The van der Waals surface area contributed by atoms with Crippen molar-refractivity contribution >= 4 is 54.5 Å². The summed E-state index contributed by atoms with van der Waals surface area (Å²) in [5.41, 5.74) is 0.878. The molecule has 0 radical (unpaired) electrons. The van der Waals surface area contributed by atoms with Crippen LogP contribution < -0.4 is 0 Å². The van der Waals surface area contributed by atoms with Gasteiger partial charge in [0.15, 0.2) is 0 Å². The van der Waals surface area contributed by atoms with Crippen molar-refractivity contribution < 1.29 is 5.11 Å². The highest BCUT2D eigenvalue weighted by Gasteiger charge is 2.15. The Morgan fingerprint density at radius 3 is 2.57 bits per heavy atom. The van der Waals surface area contributed by atoms with Gasteiger partial charge in [-0.3, -0.25) is 0 Å². The minimum atomic E-state index is -0.617. The highest BCUT2D eigenvalue weighted by molar-refractivity contribution is 9.11. The first kappa shape index (κ1) is 10.8. The molecule has 0 spiro atoms. The van der Waals surface area contributed by atoms with Gasteiger partial charge >= 0.3 is 0 Å². The van der Waals surface area contributed by atoms with Crippen molar-refractivity contribution in [1.82, 2.24) is 4.98 Å². The van der Waals surface area contributed by atoms with Gasteiger partial charge in [-0.2, -0.15) is 0 Å². The molecular weight excluding hydrogens is 350 g/mol. The van der Waals surface area contributed by atoms with Gasteiger partial charge in [-0.25, -0.2) is 4.98 Å². The third-order valence-electron chi connectivity index (χ3n) is 1.63. The zero-order valence-electron chi connectivity index (χ0n) is 6.78. The van der Waals surface area contributed by atoms with Gasteiger partial charge in [0.1, 0.15) is 15.7 Å². The third-order valence-corrected chi connectivity index (χ3v) is 4.76. The molecule has 2 aromatic heterocycles. The molecule has 1 N–H and O–H groups in total. The zero-order valence-corrected chi connectivity index (χ0v) is 11.6. The van der Waals surface area contributed by atoms with Gasteiger partial charge in [0.2, 0.25) is 0 Å². The first-order valence-corrected chi connectivity index (χ1v) is 7.04. The Morgan fingerprint density at radius 1 is 1.29 bits per heavy atom. The molecular formula is C8H5Br2NOS2. The normalized spacial score (nSPS) is 13.1. The minimum absolute atomic E-state index is 0.617. The number of aliphatic hydroxyl groups excluding tert-OH is 1. The second kappa shape index (κ2) is 4.40. The van der Waals surface area contributed by atoms with Gasteiger partial charge in [-0.15, -0.1) is 22.7 Å². The fraction of sp³-hybridized carbons (Fsp3) is 0.125. The van der Waals surface area contributed by atoms with Crippen LogP contribution in [0.25, 0.3) is 0 Å². The molecule has 0 saturated carbocycles. The molecule has 2 heterocycles. The van der Waals surface area contributed by atoms with Crippen molar-refractivity contribution in [2.75, 3.05) is 0 Å². The van der Waals surface area contributed by atoms with E-state index in [1.165, 1.54) is 11.3 Å². The summed E-state index contributed by atoms with van der Waals surface area (Å²) >= 11 is 9.62. The molecule has 0 amide bonds. The number of aliphatic hydroxyl groups is 1. The van der Waals surface area contributed by atoms with E-state index >= 15 is 0 Å². The van der Waals surface area contributed by atoms with Gasteiger partial charge in [-0.1, -0.05) is 0 Å². The molecule has 0 aromatic carbocycles. The van der Waals surface area contributed by atoms with Gasteiger partial charge < -0.3 is 5.11 Å². The lowest BCUT2D eigenvalue weighted by atomic mass is 10.2. The zero-order chi connectivity index (χ0) is 10.1. The van der Waals surface area contributed by atoms with E-state index in [-0.39, 0.29) is 0 Å². The van der Waals surface area contributed by atoms with Gasteiger partial charge in [-0.05, 0) is 48.9 Å². The van der Waals surface area contributed by atoms with Crippen LogP contribution in [0.5, 0.6) is 0 Å². The highest BCUT2D eigenvalue weighted by atomic mass is 79.9. The molecule has 2 aromatic rings. The molecule has 2 rings (SSSR count). The molecule has 74 valence electrons. The largest absolute Gasteiger partial charge is 0.381 e. The van der Waals surface area contributed by atoms with Gasteiger partial charge in [0.05, 0.1) is 3.79 Å². The fourth-order valence-electron chi connectivity index (χ4n) is 1.00. The second-order valence-electron chi connectivity index (χ2n) is 2.60. The average molecular weight is 355 g/mol. The molecule has 6 heteroatoms. The van der Waals surface area contributed by atoms with E-state index in [0.29, 0.717) is 5.01 Å². The lowest BCUT2D eigenvalue weighted by Gasteiger charge is -2.03. The van der Waals surface area contributed by atoms with E-state index in [1.54, 1.807) is 11.3 Å². The topological polar surface area (TPSA) is 33.1 Å². The first-order chi connectivity index (χ1) is 6.66. The maximum atomic E-state index is 9.93. The summed E-state index contributed by atoms with van der Waals surface area (Å²) in [6.07, 6.45) is -0.617. The van der Waals surface area contributed by atoms with Crippen molar-refractivity contribution in [3.8, 4) is 0 Å². The van der Waals surface area contributed by atoms with Crippen molar-refractivity contribution in [3.05, 3.63) is 35.8 Å². The number of hydrogen-bond acceptors (Lipinski definition) is 4. The second-order valence-corrected chi connectivity index (χ2v) is 6.59. The van der Waals surface area contributed by atoms with Crippen LogP contribution in [0, 0.1) is 0 Å². The number of nitrogens with zero attached hydrogens (tertiary/aromatic N) is 1. The number of thiazole rings is 1. The molecule has 0 aliphatic carbocycles. The van der Waals surface area contributed by atoms with Crippen LogP contribution in [0.3, 0.4) is 0 Å². The summed E-state index contributed by atoms with van der Waals surface area (Å²) in [5, 5.41) is 14.4.